The normalized spacial score (nSPS) is 15.7. The fraction of sp³-hybridized carbons (Fsp3) is 0.533. The molecular weight excluding hydrogens is 548 g/mol. The lowest BCUT2D eigenvalue weighted by Crippen LogP contribution is -2.32. The van der Waals surface area contributed by atoms with Crippen LogP contribution in [0.1, 0.15) is 68.2 Å². The van der Waals surface area contributed by atoms with E-state index in [9.17, 15) is 18.7 Å². The van der Waals surface area contributed by atoms with Crippen LogP contribution in [0.4, 0.5) is 0 Å². The number of hydrogen-bond acceptors (Lipinski definition) is 7. The monoisotopic (exact) mass is 595 g/mol. The molecule has 0 heterocycles. The summed E-state index contributed by atoms with van der Waals surface area (Å²) in [5, 5.41) is 2.88. The van der Waals surface area contributed by atoms with Gasteiger partial charge < -0.3 is 9.05 Å². The predicted octanol–water partition coefficient (Wildman–Crippen LogP) is 8.17. The molecule has 224 valence electrons. The van der Waals surface area contributed by atoms with Crippen molar-refractivity contribution in [3.8, 4) is 11.5 Å². The molecule has 0 aliphatic rings. The summed E-state index contributed by atoms with van der Waals surface area (Å²) in [6.45, 7) is 14.4. The second-order valence-electron chi connectivity index (χ2n) is 10.7. The van der Waals surface area contributed by atoms with E-state index in [0.29, 0.717) is 35.7 Å². The van der Waals surface area contributed by atoms with Crippen molar-refractivity contribution < 1.29 is 32.3 Å². The van der Waals surface area contributed by atoms with Crippen LogP contribution in [-0.2, 0) is 23.2 Å². The SMILES string of the molecule is CC(=O)C(C)NP(=O)(CCC(C)C)Oc1ccccc1.CC(=O)C(C)OP(=O)(CCC(C)C)Oc1ccccc1. The summed E-state index contributed by atoms with van der Waals surface area (Å²) in [4.78, 5) is 22.7. The van der Waals surface area contributed by atoms with Crippen LogP contribution in [0.15, 0.2) is 60.7 Å². The number of carbonyl (C=O) groups excluding carboxylic acids is 2. The Morgan fingerprint density at radius 2 is 1.15 bits per heavy atom. The Balaban J connectivity index is 0.000000400. The van der Waals surface area contributed by atoms with Gasteiger partial charge in [0.1, 0.15) is 23.4 Å². The van der Waals surface area contributed by atoms with Crippen LogP contribution < -0.4 is 14.1 Å². The smallest absolute Gasteiger partial charge is 0.379 e. The van der Waals surface area contributed by atoms with E-state index in [1.807, 2.05) is 38.1 Å². The van der Waals surface area contributed by atoms with Gasteiger partial charge in [0.05, 0.1) is 12.2 Å². The van der Waals surface area contributed by atoms with Crippen LogP contribution in [0, 0.1) is 11.8 Å². The lowest BCUT2D eigenvalue weighted by molar-refractivity contribution is -0.123. The number of nitrogens with one attached hydrogen (secondary N) is 1. The molecule has 0 amide bonds. The molecule has 0 saturated heterocycles. The number of hydrogen-bond donors (Lipinski definition) is 1. The zero-order chi connectivity index (χ0) is 30.3. The van der Waals surface area contributed by atoms with Gasteiger partial charge in [-0.2, -0.15) is 0 Å². The lowest BCUT2D eigenvalue weighted by atomic mass is 10.2. The Morgan fingerprint density at radius 3 is 1.57 bits per heavy atom. The third-order valence-corrected chi connectivity index (χ3v) is 9.92. The molecule has 0 saturated carbocycles. The third-order valence-electron chi connectivity index (χ3n) is 5.86. The minimum atomic E-state index is -3.33. The van der Waals surface area contributed by atoms with Crippen molar-refractivity contribution in [3.05, 3.63) is 60.7 Å². The van der Waals surface area contributed by atoms with Gasteiger partial charge in [0.2, 0.25) is 0 Å². The van der Waals surface area contributed by atoms with Crippen molar-refractivity contribution in [1.29, 1.82) is 0 Å². The molecule has 0 fully saturated rings. The summed E-state index contributed by atoms with van der Waals surface area (Å²) in [5.41, 5.74) is 0. The van der Waals surface area contributed by atoms with Gasteiger partial charge in [0, 0.05) is 6.16 Å². The van der Waals surface area contributed by atoms with Crippen LogP contribution in [0.5, 0.6) is 11.5 Å². The highest BCUT2D eigenvalue weighted by molar-refractivity contribution is 7.57. The molecule has 1 N–H and O–H groups in total. The Labute approximate surface area is 240 Å². The molecule has 40 heavy (non-hydrogen) atoms. The van der Waals surface area contributed by atoms with Crippen molar-refractivity contribution in [3.63, 3.8) is 0 Å². The highest BCUT2D eigenvalue weighted by Crippen LogP contribution is 2.50. The fourth-order valence-electron chi connectivity index (χ4n) is 3.10. The zero-order valence-corrected chi connectivity index (χ0v) is 27.0. The summed E-state index contributed by atoms with van der Waals surface area (Å²) < 4.78 is 42.4. The Kier molecular flexibility index (Phi) is 15.7. The second kappa shape index (κ2) is 17.5. The first-order valence-corrected chi connectivity index (χ1v) is 17.3. The molecule has 10 heteroatoms. The average Bonchev–Trinajstić information content (AvgIpc) is 2.88. The van der Waals surface area contributed by atoms with Crippen LogP contribution in [0.3, 0.4) is 0 Å². The number of rotatable bonds is 16. The Morgan fingerprint density at radius 1 is 0.700 bits per heavy atom. The lowest BCUT2D eigenvalue weighted by Gasteiger charge is -2.24. The van der Waals surface area contributed by atoms with Gasteiger partial charge in [-0.15, -0.1) is 0 Å². The standard InChI is InChI=1S/C15H24NO3P.C15H23O4P/c1-12(2)10-11-20(18,16-13(3)14(4)17)19-15-8-6-5-7-9-15;1-12(2)10-11-20(17,18-14(4)13(3)16)19-15-8-6-5-7-9-15/h5-9,12-13H,10-11H2,1-4H3,(H,16,18);5-9,12,14H,10-11H2,1-4H3. The highest BCUT2D eigenvalue weighted by Gasteiger charge is 2.31. The van der Waals surface area contributed by atoms with Crippen LogP contribution in [0.2, 0.25) is 0 Å². The van der Waals surface area contributed by atoms with Crippen LogP contribution >= 0.6 is 15.1 Å². The van der Waals surface area contributed by atoms with E-state index in [2.05, 4.69) is 18.9 Å². The van der Waals surface area contributed by atoms with Gasteiger partial charge in [-0.05, 0) is 76.6 Å². The van der Waals surface area contributed by atoms with E-state index in [-0.39, 0.29) is 11.6 Å². The van der Waals surface area contributed by atoms with E-state index in [1.54, 1.807) is 50.2 Å². The summed E-state index contributed by atoms with van der Waals surface area (Å²) in [6, 6.07) is 17.5. The number of para-hydroxylation sites is 2. The average molecular weight is 596 g/mol. The summed E-state index contributed by atoms with van der Waals surface area (Å²) in [6.07, 6.45) is 1.49. The zero-order valence-electron chi connectivity index (χ0n) is 25.2. The van der Waals surface area contributed by atoms with Gasteiger partial charge in [-0.3, -0.25) is 18.7 Å². The molecule has 0 bridgehead atoms. The van der Waals surface area contributed by atoms with Crippen LogP contribution in [-0.4, -0.2) is 36.0 Å². The highest BCUT2D eigenvalue weighted by atomic mass is 31.2. The molecular formula is C30H47NO7P2. The second-order valence-corrected chi connectivity index (χ2v) is 15.0. The summed E-state index contributed by atoms with van der Waals surface area (Å²) >= 11 is 0. The van der Waals surface area contributed by atoms with Gasteiger partial charge >= 0.3 is 15.1 Å². The van der Waals surface area contributed by atoms with Crippen molar-refractivity contribution in [1.82, 2.24) is 5.09 Å². The van der Waals surface area contributed by atoms with Crippen molar-refractivity contribution in [2.24, 2.45) is 11.8 Å². The maximum atomic E-state index is 12.9. The number of ketones is 2. The summed E-state index contributed by atoms with van der Waals surface area (Å²) in [7, 11) is -6.40. The molecule has 4 unspecified atom stereocenters. The van der Waals surface area contributed by atoms with Crippen molar-refractivity contribution in [2.45, 2.75) is 80.4 Å². The quantitative estimate of drug-likeness (QED) is 0.194. The molecule has 0 radical (unpaired) electrons. The molecule has 2 rings (SSSR count). The molecule has 0 spiro atoms. The van der Waals surface area contributed by atoms with Gasteiger partial charge in [0.25, 0.3) is 0 Å². The Hall–Kier alpha value is -2.24. The molecule has 8 nitrogen and oxygen atoms in total. The van der Waals surface area contributed by atoms with E-state index < -0.39 is 27.3 Å². The summed E-state index contributed by atoms with van der Waals surface area (Å²) in [5.74, 6) is 1.66. The number of benzene rings is 2. The van der Waals surface area contributed by atoms with Crippen molar-refractivity contribution in [2.75, 3.05) is 12.3 Å². The first-order chi connectivity index (χ1) is 18.6. The molecule has 0 aliphatic carbocycles. The minimum Gasteiger partial charge on any atom is -0.433 e. The minimum absolute atomic E-state index is 0.0496. The van der Waals surface area contributed by atoms with E-state index in [1.165, 1.54) is 13.8 Å². The molecule has 4 atom stereocenters. The van der Waals surface area contributed by atoms with Gasteiger partial charge in [-0.1, -0.05) is 64.1 Å². The van der Waals surface area contributed by atoms with E-state index >= 15 is 0 Å². The first-order valence-electron chi connectivity index (χ1n) is 13.8. The maximum Gasteiger partial charge on any atom is 0.379 e. The number of Topliss-reactive ketones (excluding diaryl/α,β-unsaturated/α-hetero) is 2. The van der Waals surface area contributed by atoms with Gasteiger partial charge in [0.15, 0.2) is 5.78 Å². The largest absolute Gasteiger partial charge is 0.433 e. The van der Waals surface area contributed by atoms with Crippen LogP contribution in [0.25, 0.3) is 0 Å². The van der Waals surface area contributed by atoms with Crippen molar-refractivity contribution >= 4 is 26.7 Å². The number of carbonyl (C=O) groups is 2. The molecule has 2 aromatic carbocycles. The Bertz CT molecular complexity index is 1030. The van der Waals surface area contributed by atoms with E-state index in [0.717, 1.165) is 12.8 Å². The fourth-order valence-corrected chi connectivity index (χ4v) is 7.60. The molecule has 0 aromatic heterocycles. The first kappa shape index (κ1) is 35.8. The van der Waals surface area contributed by atoms with E-state index in [4.69, 9.17) is 13.6 Å². The van der Waals surface area contributed by atoms with Gasteiger partial charge in [-0.25, -0.2) is 9.65 Å². The third kappa shape index (κ3) is 14.9. The molecule has 0 aliphatic heterocycles. The maximum absolute atomic E-state index is 12.9. The topological polar surface area (TPSA) is 108 Å². The predicted molar refractivity (Wildman–Crippen MR) is 163 cm³/mol. The molecule has 2 aromatic rings.